The molecule has 1 fully saturated rings. The van der Waals surface area contributed by atoms with Crippen LogP contribution in [-0.2, 0) is 19.4 Å². The largest absolute Gasteiger partial charge is 0.460 e. The van der Waals surface area contributed by atoms with Crippen molar-refractivity contribution >= 4 is 31.7 Å². The number of rotatable bonds is 1. The van der Waals surface area contributed by atoms with Gasteiger partial charge in [0.1, 0.15) is 6.10 Å². The van der Waals surface area contributed by atoms with Crippen molar-refractivity contribution in [3.05, 3.63) is 0 Å². The Morgan fingerprint density at radius 2 is 2.08 bits per heavy atom. The first-order valence-corrected chi connectivity index (χ1v) is 6.16. The maximum atomic E-state index is 11.0. The zero-order chi connectivity index (χ0) is 9.35. The Bertz CT molecular complexity index is 284. The zero-order valence-corrected chi connectivity index (χ0v) is 8.89. The highest BCUT2D eigenvalue weighted by Gasteiger charge is 2.38. The van der Waals surface area contributed by atoms with E-state index in [4.69, 9.17) is 4.74 Å². The maximum Gasteiger partial charge on any atom is 0.302 e. The summed E-state index contributed by atoms with van der Waals surface area (Å²) in [6.45, 7) is 1.27. The molecule has 0 radical (unpaired) electrons. The Morgan fingerprint density at radius 1 is 1.50 bits per heavy atom. The molecule has 0 aliphatic carbocycles. The average molecular weight is 257 g/mol. The molecule has 1 aliphatic heterocycles. The first-order valence-electron chi connectivity index (χ1n) is 3.42. The third-order valence-electron chi connectivity index (χ3n) is 1.55. The Kier molecular flexibility index (Phi) is 2.77. The van der Waals surface area contributed by atoms with Crippen LogP contribution in [0.25, 0.3) is 0 Å². The van der Waals surface area contributed by atoms with Gasteiger partial charge >= 0.3 is 5.97 Å². The minimum atomic E-state index is -3.01. The molecule has 70 valence electrons. The fraction of sp³-hybridized carbons (Fsp3) is 0.833. The van der Waals surface area contributed by atoms with E-state index in [1.165, 1.54) is 6.92 Å². The van der Waals surface area contributed by atoms with E-state index in [2.05, 4.69) is 15.9 Å². The minimum absolute atomic E-state index is 0.0466. The third kappa shape index (κ3) is 2.45. The summed E-state index contributed by atoms with van der Waals surface area (Å²) in [5.74, 6) is -0.463. The zero-order valence-electron chi connectivity index (χ0n) is 6.49. The van der Waals surface area contributed by atoms with Crippen LogP contribution in [0.2, 0.25) is 0 Å². The Balaban J connectivity index is 2.64. The Morgan fingerprint density at radius 3 is 2.42 bits per heavy atom. The predicted molar refractivity (Wildman–Crippen MR) is 46.9 cm³/mol. The SMILES string of the molecule is CC(=O)OC1CS(=O)(=O)CC1Br. The number of carbonyl (C=O) groups is 1. The topological polar surface area (TPSA) is 60.4 Å². The van der Waals surface area contributed by atoms with E-state index in [0.717, 1.165) is 0 Å². The van der Waals surface area contributed by atoms with Gasteiger partial charge in [-0.3, -0.25) is 4.79 Å². The van der Waals surface area contributed by atoms with Crippen LogP contribution in [0, 0.1) is 0 Å². The Hall–Kier alpha value is -0.100. The molecule has 1 rings (SSSR count). The van der Waals surface area contributed by atoms with E-state index in [1.54, 1.807) is 0 Å². The smallest absolute Gasteiger partial charge is 0.302 e. The normalized spacial score (nSPS) is 33.2. The van der Waals surface area contributed by atoms with Crippen LogP contribution in [0.15, 0.2) is 0 Å². The van der Waals surface area contributed by atoms with Crippen molar-refractivity contribution in [2.45, 2.75) is 17.9 Å². The molecule has 0 aromatic heterocycles. The summed E-state index contributed by atoms with van der Waals surface area (Å²) in [5.41, 5.74) is 0. The van der Waals surface area contributed by atoms with E-state index in [1.807, 2.05) is 0 Å². The standard InChI is InChI=1S/C6H9BrO4S/c1-4(8)11-6-3-12(9,10)2-5(6)7/h5-6H,2-3H2,1H3. The second kappa shape index (κ2) is 3.33. The lowest BCUT2D eigenvalue weighted by Gasteiger charge is -2.11. The number of ether oxygens (including phenoxy) is 1. The second-order valence-electron chi connectivity index (χ2n) is 2.74. The number of esters is 1. The van der Waals surface area contributed by atoms with Crippen LogP contribution >= 0.6 is 15.9 Å². The van der Waals surface area contributed by atoms with Crippen molar-refractivity contribution in [2.75, 3.05) is 11.5 Å². The summed E-state index contributed by atoms with van der Waals surface area (Å²) in [6.07, 6.45) is -0.521. The molecule has 0 amide bonds. The van der Waals surface area contributed by atoms with Gasteiger partial charge in [-0.05, 0) is 0 Å². The van der Waals surface area contributed by atoms with Gasteiger partial charge < -0.3 is 4.74 Å². The molecule has 0 saturated carbocycles. The fourth-order valence-corrected chi connectivity index (χ4v) is 4.48. The van der Waals surface area contributed by atoms with Crippen molar-refractivity contribution in [3.63, 3.8) is 0 Å². The quantitative estimate of drug-likeness (QED) is 0.494. The van der Waals surface area contributed by atoms with Gasteiger partial charge in [-0.1, -0.05) is 15.9 Å². The minimum Gasteiger partial charge on any atom is -0.460 e. The highest BCUT2D eigenvalue weighted by atomic mass is 79.9. The van der Waals surface area contributed by atoms with Crippen molar-refractivity contribution < 1.29 is 17.9 Å². The van der Waals surface area contributed by atoms with Gasteiger partial charge in [0.15, 0.2) is 9.84 Å². The molecular weight excluding hydrogens is 248 g/mol. The van der Waals surface area contributed by atoms with Gasteiger partial charge in [0.25, 0.3) is 0 Å². The number of hydrogen-bond acceptors (Lipinski definition) is 4. The summed E-state index contributed by atoms with van der Waals surface area (Å²) in [4.78, 5) is 10.3. The number of sulfone groups is 1. The van der Waals surface area contributed by atoms with Crippen LogP contribution in [0.4, 0.5) is 0 Å². The molecule has 6 heteroatoms. The lowest BCUT2D eigenvalue weighted by molar-refractivity contribution is -0.144. The van der Waals surface area contributed by atoms with Crippen molar-refractivity contribution in [1.29, 1.82) is 0 Å². The van der Waals surface area contributed by atoms with Gasteiger partial charge in [0, 0.05) is 6.92 Å². The van der Waals surface area contributed by atoms with E-state index in [0.29, 0.717) is 0 Å². The number of halogens is 1. The predicted octanol–water partition coefficient (Wildman–Crippen LogP) is 0.110. The monoisotopic (exact) mass is 256 g/mol. The highest BCUT2D eigenvalue weighted by molar-refractivity contribution is 9.09. The highest BCUT2D eigenvalue weighted by Crippen LogP contribution is 2.22. The molecule has 2 unspecified atom stereocenters. The summed E-state index contributed by atoms with van der Waals surface area (Å²) in [7, 11) is -3.01. The van der Waals surface area contributed by atoms with Crippen molar-refractivity contribution in [2.24, 2.45) is 0 Å². The van der Waals surface area contributed by atoms with Crippen LogP contribution in [0.5, 0.6) is 0 Å². The molecule has 1 saturated heterocycles. The van der Waals surface area contributed by atoms with Crippen LogP contribution in [0.3, 0.4) is 0 Å². The van der Waals surface area contributed by atoms with Crippen molar-refractivity contribution in [1.82, 2.24) is 0 Å². The third-order valence-corrected chi connectivity index (χ3v) is 4.60. The van der Waals surface area contributed by atoms with E-state index < -0.39 is 21.9 Å². The van der Waals surface area contributed by atoms with Gasteiger partial charge in [-0.25, -0.2) is 8.42 Å². The number of carbonyl (C=O) groups excluding carboxylic acids is 1. The average Bonchev–Trinajstić information content (AvgIpc) is 2.03. The first kappa shape index (κ1) is 9.98. The van der Waals surface area contributed by atoms with E-state index in [9.17, 15) is 13.2 Å². The fourth-order valence-electron chi connectivity index (χ4n) is 1.09. The summed E-state index contributed by atoms with van der Waals surface area (Å²) < 4.78 is 26.8. The van der Waals surface area contributed by atoms with E-state index in [-0.39, 0.29) is 16.3 Å². The lowest BCUT2D eigenvalue weighted by atomic mass is 10.3. The van der Waals surface area contributed by atoms with Gasteiger partial charge in [0.2, 0.25) is 0 Å². The molecule has 4 nitrogen and oxygen atoms in total. The van der Waals surface area contributed by atoms with Gasteiger partial charge in [-0.15, -0.1) is 0 Å². The first-order chi connectivity index (χ1) is 5.41. The molecule has 0 aromatic rings. The molecule has 12 heavy (non-hydrogen) atoms. The number of hydrogen-bond donors (Lipinski definition) is 0. The molecule has 0 N–H and O–H groups in total. The van der Waals surface area contributed by atoms with Crippen LogP contribution in [0.1, 0.15) is 6.92 Å². The van der Waals surface area contributed by atoms with Gasteiger partial charge in [-0.2, -0.15) is 0 Å². The summed E-state index contributed by atoms with van der Waals surface area (Å²) >= 11 is 3.15. The molecular formula is C6H9BrO4S. The molecule has 1 heterocycles. The summed E-state index contributed by atoms with van der Waals surface area (Å²) in [6, 6.07) is 0. The molecule has 2 atom stereocenters. The van der Waals surface area contributed by atoms with Gasteiger partial charge in [0.05, 0.1) is 16.3 Å². The Labute approximate surface area is 79.3 Å². The van der Waals surface area contributed by atoms with Crippen molar-refractivity contribution in [3.8, 4) is 0 Å². The van der Waals surface area contributed by atoms with Crippen LogP contribution in [-0.4, -0.2) is 36.8 Å². The van der Waals surface area contributed by atoms with Crippen LogP contribution < -0.4 is 0 Å². The summed E-state index contributed by atoms with van der Waals surface area (Å²) in [5, 5.41) is 0. The molecule has 0 aromatic carbocycles. The number of alkyl halides is 1. The van der Waals surface area contributed by atoms with E-state index >= 15 is 0 Å². The molecule has 0 spiro atoms. The lowest BCUT2D eigenvalue weighted by Crippen LogP contribution is -2.24. The molecule has 1 aliphatic rings. The second-order valence-corrected chi connectivity index (χ2v) is 6.07. The molecule has 0 bridgehead atoms. The maximum absolute atomic E-state index is 11.0.